The van der Waals surface area contributed by atoms with E-state index >= 15 is 0 Å². The van der Waals surface area contributed by atoms with Gasteiger partial charge in [0.25, 0.3) is 5.69 Å². The van der Waals surface area contributed by atoms with Gasteiger partial charge < -0.3 is 20.0 Å². The number of ether oxygens (including phenoxy) is 1. The molecule has 0 aliphatic carbocycles. The van der Waals surface area contributed by atoms with Gasteiger partial charge in [0, 0.05) is 23.9 Å². The highest BCUT2D eigenvalue weighted by molar-refractivity contribution is 5.88. The number of nitrogens with one attached hydrogen (secondary N) is 2. The van der Waals surface area contributed by atoms with E-state index in [-0.39, 0.29) is 24.4 Å². The van der Waals surface area contributed by atoms with Crippen LogP contribution in [-0.2, 0) is 4.74 Å². The number of benzene rings is 2. The van der Waals surface area contributed by atoms with Crippen LogP contribution in [0.25, 0.3) is 0 Å². The number of para-hydroxylation sites is 1. The topological polar surface area (TPSA) is 134 Å². The lowest BCUT2D eigenvalue weighted by Gasteiger charge is -2.10. The van der Waals surface area contributed by atoms with Crippen molar-refractivity contribution in [3.05, 3.63) is 64.2 Å². The fourth-order valence-corrected chi connectivity index (χ4v) is 1.96. The van der Waals surface area contributed by atoms with Crippen molar-refractivity contribution >= 4 is 29.1 Å². The molecule has 2 aromatic rings. The van der Waals surface area contributed by atoms with Gasteiger partial charge in [0.2, 0.25) is 0 Å². The Morgan fingerprint density at radius 2 is 1.84 bits per heavy atom. The van der Waals surface area contributed by atoms with Crippen molar-refractivity contribution in [3.8, 4) is 0 Å². The van der Waals surface area contributed by atoms with Crippen LogP contribution in [0.2, 0.25) is 0 Å². The van der Waals surface area contributed by atoms with Crippen molar-refractivity contribution in [1.82, 2.24) is 0 Å². The van der Waals surface area contributed by atoms with Crippen LogP contribution >= 0.6 is 0 Å². The van der Waals surface area contributed by atoms with Gasteiger partial charge in [0.05, 0.1) is 10.9 Å². The van der Waals surface area contributed by atoms with E-state index in [1.807, 2.05) is 0 Å². The molecular weight excluding hydrogens is 330 g/mol. The summed E-state index contributed by atoms with van der Waals surface area (Å²) in [7, 11) is 0. The smallest absolute Gasteiger partial charge is 0.411 e. The number of anilines is 2. The summed E-state index contributed by atoms with van der Waals surface area (Å²) in [5.74, 6) is -1.50. The molecule has 0 unspecified atom stereocenters. The van der Waals surface area contributed by atoms with Crippen LogP contribution in [0.1, 0.15) is 10.4 Å². The number of carboxylic acids is 1. The van der Waals surface area contributed by atoms with Crippen LogP contribution in [0.15, 0.2) is 48.5 Å². The highest BCUT2D eigenvalue weighted by atomic mass is 16.6. The molecular formula is C16H14N3O6-. The summed E-state index contributed by atoms with van der Waals surface area (Å²) in [6.07, 6.45) is -0.658. The molecule has 0 atom stereocenters. The lowest BCUT2D eigenvalue weighted by Crippen LogP contribution is -2.22. The molecule has 25 heavy (non-hydrogen) atoms. The largest absolute Gasteiger partial charge is 0.545 e. The Kier molecular flexibility index (Phi) is 5.88. The maximum atomic E-state index is 11.6. The van der Waals surface area contributed by atoms with Crippen molar-refractivity contribution in [2.45, 2.75) is 0 Å². The molecule has 0 saturated heterocycles. The van der Waals surface area contributed by atoms with E-state index in [1.54, 1.807) is 30.3 Å². The predicted octanol–water partition coefficient (Wildman–Crippen LogP) is 1.62. The number of hydrogen-bond acceptors (Lipinski definition) is 7. The molecule has 130 valence electrons. The molecule has 0 spiro atoms. The normalized spacial score (nSPS) is 9.92. The van der Waals surface area contributed by atoms with Crippen LogP contribution in [0.5, 0.6) is 0 Å². The summed E-state index contributed by atoms with van der Waals surface area (Å²) in [6, 6.07) is 12.1. The second-order valence-electron chi connectivity index (χ2n) is 4.83. The number of aromatic carboxylic acids is 1. The molecule has 0 fully saturated rings. The zero-order valence-corrected chi connectivity index (χ0v) is 12.9. The van der Waals surface area contributed by atoms with Gasteiger partial charge in [-0.1, -0.05) is 24.3 Å². The summed E-state index contributed by atoms with van der Waals surface area (Å²) in [4.78, 5) is 32.6. The third-order valence-electron chi connectivity index (χ3n) is 3.10. The second-order valence-corrected chi connectivity index (χ2v) is 4.83. The van der Waals surface area contributed by atoms with Crippen LogP contribution in [0.3, 0.4) is 0 Å². The van der Waals surface area contributed by atoms with Crippen molar-refractivity contribution in [3.63, 3.8) is 0 Å². The van der Waals surface area contributed by atoms with Gasteiger partial charge in [-0.25, -0.2) is 4.79 Å². The predicted molar refractivity (Wildman–Crippen MR) is 87.3 cm³/mol. The fraction of sp³-hybridized carbons (Fsp3) is 0.125. The summed E-state index contributed by atoms with van der Waals surface area (Å²) in [6.45, 7) is 0.0613. The van der Waals surface area contributed by atoms with E-state index in [0.717, 1.165) is 6.07 Å². The first-order valence-electron chi connectivity index (χ1n) is 7.20. The number of amides is 1. The van der Waals surface area contributed by atoms with Crippen LogP contribution in [0, 0.1) is 10.1 Å². The quantitative estimate of drug-likeness (QED) is 0.443. The van der Waals surface area contributed by atoms with E-state index in [4.69, 9.17) is 4.74 Å². The summed E-state index contributed by atoms with van der Waals surface area (Å²) in [5, 5.41) is 27.0. The molecule has 2 aromatic carbocycles. The van der Waals surface area contributed by atoms with E-state index in [2.05, 4.69) is 10.6 Å². The van der Waals surface area contributed by atoms with Gasteiger partial charge in [-0.3, -0.25) is 15.4 Å². The molecule has 9 nitrogen and oxygen atoms in total. The minimum absolute atomic E-state index is 0.0436. The Balaban J connectivity index is 1.86. The van der Waals surface area contributed by atoms with E-state index in [0.29, 0.717) is 5.69 Å². The number of carbonyl (C=O) groups excluding carboxylic acids is 2. The van der Waals surface area contributed by atoms with Gasteiger partial charge >= 0.3 is 6.09 Å². The number of nitrogens with zero attached hydrogens (tertiary/aromatic N) is 1. The molecule has 1 amide bonds. The first-order valence-corrected chi connectivity index (χ1v) is 7.20. The molecule has 0 aliphatic rings. The van der Waals surface area contributed by atoms with Crippen LogP contribution in [-0.4, -0.2) is 30.1 Å². The molecule has 0 aromatic heterocycles. The first-order chi connectivity index (χ1) is 12.0. The molecule has 0 heterocycles. The molecule has 0 aliphatic heterocycles. The highest BCUT2D eigenvalue weighted by Gasteiger charge is 2.14. The fourth-order valence-electron chi connectivity index (χ4n) is 1.96. The Morgan fingerprint density at radius 1 is 1.12 bits per heavy atom. The Hall–Kier alpha value is -3.62. The maximum absolute atomic E-state index is 11.6. The Labute approximate surface area is 142 Å². The molecule has 2 N–H and O–H groups in total. The number of hydrogen-bond donors (Lipinski definition) is 2. The standard InChI is InChI=1S/C16H15N3O6/c20-15(21)11-6-7-13(14(10-11)19(23)24)17-8-9-25-16(22)18-12-4-2-1-3-5-12/h1-7,10,17H,8-9H2,(H,18,22)(H,20,21)/p-1. The maximum Gasteiger partial charge on any atom is 0.411 e. The zero-order chi connectivity index (χ0) is 18.2. The monoisotopic (exact) mass is 344 g/mol. The lowest BCUT2D eigenvalue weighted by molar-refractivity contribution is -0.384. The van der Waals surface area contributed by atoms with Crippen LogP contribution in [0.4, 0.5) is 21.9 Å². The summed E-state index contributed by atoms with van der Waals surface area (Å²) in [5.41, 5.74) is -0.0118. The van der Waals surface area contributed by atoms with Gasteiger partial charge in [-0.05, 0) is 18.2 Å². The van der Waals surface area contributed by atoms with Crippen molar-refractivity contribution in [2.75, 3.05) is 23.8 Å². The lowest BCUT2D eigenvalue weighted by atomic mass is 10.1. The van der Waals surface area contributed by atoms with Crippen molar-refractivity contribution < 1.29 is 24.4 Å². The average Bonchev–Trinajstić information content (AvgIpc) is 2.59. The number of carbonyl (C=O) groups is 2. The first kappa shape index (κ1) is 17.7. The third-order valence-corrected chi connectivity index (χ3v) is 3.10. The van der Waals surface area contributed by atoms with Gasteiger partial charge in [-0.15, -0.1) is 0 Å². The number of rotatable bonds is 7. The Morgan fingerprint density at radius 3 is 2.48 bits per heavy atom. The van der Waals surface area contributed by atoms with Gasteiger partial charge in [-0.2, -0.15) is 0 Å². The number of carboxylic acid groups (broad SMARTS) is 1. The number of nitro benzene ring substituents is 1. The molecule has 0 bridgehead atoms. The second kappa shape index (κ2) is 8.29. The minimum Gasteiger partial charge on any atom is -0.545 e. The van der Waals surface area contributed by atoms with Gasteiger partial charge in [0.15, 0.2) is 0 Å². The highest BCUT2D eigenvalue weighted by Crippen LogP contribution is 2.25. The molecule has 9 heteroatoms. The van der Waals surface area contributed by atoms with E-state index < -0.39 is 22.7 Å². The van der Waals surface area contributed by atoms with Crippen LogP contribution < -0.4 is 15.7 Å². The number of nitro groups is 1. The average molecular weight is 344 g/mol. The molecule has 2 rings (SSSR count). The summed E-state index contributed by atoms with van der Waals surface area (Å²) >= 11 is 0. The van der Waals surface area contributed by atoms with Crippen molar-refractivity contribution in [1.29, 1.82) is 0 Å². The Bertz CT molecular complexity index is 779. The van der Waals surface area contributed by atoms with Gasteiger partial charge in [0.1, 0.15) is 12.3 Å². The third kappa shape index (κ3) is 5.20. The van der Waals surface area contributed by atoms with Crippen molar-refractivity contribution in [2.24, 2.45) is 0 Å². The summed E-state index contributed by atoms with van der Waals surface area (Å²) < 4.78 is 4.94. The molecule has 0 saturated carbocycles. The molecule has 0 radical (unpaired) electrons. The van der Waals surface area contributed by atoms with E-state index in [1.165, 1.54) is 12.1 Å². The zero-order valence-electron chi connectivity index (χ0n) is 12.9. The minimum atomic E-state index is -1.50. The SMILES string of the molecule is O=C(Nc1ccccc1)OCCNc1ccc(C(=O)[O-])cc1[N+](=O)[O-]. The van der Waals surface area contributed by atoms with E-state index in [9.17, 15) is 24.8 Å².